The lowest BCUT2D eigenvalue weighted by molar-refractivity contribution is -0.120. The Morgan fingerprint density at radius 3 is 2.36 bits per heavy atom. The van der Waals surface area contributed by atoms with Crippen molar-refractivity contribution in [1.29, 1.82) is 0 Å². The van der Waals surface area contributed by atoms with Gasteiger partial charge in [-0.05, 0) is 40.2 Å². The molecule has 0 radical (unpaired) electrons. The standard InChI is InChI=1S/C11H22N2O/c1-8(14)12-9-6-10(2,3)13-11(4,5)7-9/h9,13H,6-7H2,1-5H3,(H,12,14)/i2D3,3D3,4D3,5D3,6D2,7D2,9D. The van der Waals surface area contributed by atoms with Crippen molar-refractivity contribution in [2.75, 3.05) is 0 Å². The van der Waals surface area contributed by atoms with Crippen molar-refractivity contribution in [3.8, 4) is 0 Å². The molecule has 0 spiro atoms. The van der Waals surface area contributed by atoms with Gasteiger partial charge in [0.05, 0.1) is 1.37 Å². The second kappa shape index (κ2) is 3.54. The van der Waals surface area contributed by atoms with Crippen molar-refractivity contribution in [2.24, 2.45) is 0 Å². The summed E-state index contributed by atoms with van der Waals surface area (Å²) in [4.78, 5) is 11.8. The van der Waals surface area contributed by atoms with Crippen LogP contribution in [0.15, 0.2) is 0 Å². The molecule has 0 atom stereocenters. The van der Waals surface area contributed by atoms with Crippen LogP contribution in [-0.4, -0.2) is 23.0 Å². The second-order valence-electron chi connectivity index (χ2n) is 2.93. The predicted octanol–water partition coefficient (Wildman–Crippen LogP) is 1.43. The fourth-order valence-corrected chi connectivity index (χ4v) is 0.989. The van der Waals surface area contributed by atoms with Gasteiger partial charge < -0.3 is 10.6 Å². The van der Waals surface area contributed by atoms with Crippen molar-refractivity contribution in [1.82, 2.24) is 10.6 Å². The van der Waals surface area contributed by atoms with E-state index in [4.69, 9.17) is 23.3 Å². The molecule has 2 N–H and O–H groups in total. The zero-order valence-corrected chi connectivity index (χ0v) is 7.41. The van der Waals surface area contributed by atoms with Gasteiger partial charge in [-0.2, -0.15) is 0 Å². The first-order valence-corrected chi connectivity index (χ1v) is 3.70. The number of hydrogen-bond donors (Lipinski definition) is 2. The lowest BCUT2D eigenvalue weighted by Crippen LogP contribution is -2.62. The van der Waals surface area contributed by atoms with E-state index in [0.29, 0.717) is 6.92 Å². The van der Waals surface area contributed by atoms with Crippen LogP contribution in [0.5, 0.6) is 0 Å². The van der Waals surface area contributed by atoms with Crippen molar-refractivity contribution in [3.63, 3.8) is 0 Å². The molecule has 3 heteroatoms. The topological polar surface area (TPSA) is 41.1 Å². The smallest absolute Gasteiger partial charge is 0.217 e. The van der Waals surface area contributed by atoms with Gasteiger partial charge in [0.1, 0.15) is 0 Å². The van der Waals surface area contributed by atoms with Crippen LogP contribution in [0.1, 0.15) is 70.4 Å². The van der Waals surface area contributed by atoms with Crippen molar-refractivity contribution in [2.45, 2.75) is 64.2 Å². The number of amides is 1. The third kappa shape index (κ3) is 3.29. The van der Waals surface area contributed by atoms with Gasteiger partial charge in [-0.1, -0.05) is 0 Å². The molecular formula is C11H22N2O. The molecule has 1 fully saturated rings. The highest BCUT2D eigenvalue weighted by Gasteiger charge is 2.37. The van der Waals surface area contributed by atoms with E-state index in [0.717, 1.165) is 0 Å². The average molecular weight is 215 g/mol. The second-order valence-corrected chi connectivity index (χ2v) is 2.93. The van der Waals surface area contributed by atoms with Crippen LogP contribution < -0.4 is 10.6 Å². The number of carbonyl (C=O) groups excluding carboxylic acids is 1. The number of nitrogens with one attached hydrogen (secondary N) is 2. The molecular weight excluding hydrogens is 176 g/mol. The third-order valence-corrected chi connectivity index (χ3v) is 1.30. The summed E-state index contributed by atoms with van der Waals surface area (Å²) in [5.41, 5.74) is -8.21. The molecule has 0 aromatic rings. The zero-order valence-electron chi connectivity index (χ0n) is 24.4. The van der Waals surface area contributed by atoms with Gasteiger partial charge in [-0.25, -0.2) is 0 Å². The lowest BCUT2D eigenvalue weighted by atomic mass is 9.79. The number of piperidine rings is 1. The summed E-state index contributed by atoms with van der Waals surface area (Å²) in [5.74, 6) is -1.36. The first-order valence-electron chi connectivity index (χ1n) is 12.2. The van der Waals surface area contributed by atoms with Crippen LogP contribution in [0.25, 0.3) is 0 Å². The largest absolute Gasteiger partial charge is 0.353 e. The Labute approximate surface area is 111 Å². The maximum Gasteiger partial charge on any atom is 0.217 e. The SMILES string of the molecule is [2H]C([2H])([2H])C1(C([2H])([2H])[2H])NC(C([2H])([2H])[2H])(C([2H])([2H])[2H])C([2H])([2H])C([2H])(NC(C)=O)C1([2H])[2H]. The first-order chi connectivity index (χ1) is 13.1. The molecule has 0 saturated carbocycles. The monoisotopic (exact) mass is 215 g/mol. The summed E-state index contributed by atoms with van der Waals surface area (Å²) in [6, 6.07) is -4.00. The van der Waals surface area contributed by atoms with Crippen molar-refractivity contribution in [3.05, 3.63) is 0 Å². The molecule has 3 nitrogen and oxygen atoms in total. The molecule has 82 valence electrons. The molecule has 1 rings (SSSR count). The van der Waals surface area contributed by atoms with Gasteiger partial charge in [0, 0.05) is 46.0 Å². The van der Waals surface area contributed by atoms with Crippen LogP contribution in [0.3, 0.4) is 0 Å². The zero-order chi connectivity index (χ0) is 25.5. The van der Waals surface area contributed by atoms with E-state index in [1.165, 1.54) is 10.6 Å². The Morgan fingerprint density at radius 2 is 2.00 bits per heavy atom. The number of carbonyl (C=O) groups is 1. The highest BCUT2D eigenvalue weighted by atomic mass is 16.1. The fraction of sp³-hybridized carbons (Fsp3) is 0.909. The molecule has 1 heterocycles. The minimum Gasteiger partial charge on any atom is -0.353 e. The van der Waals surface area contributed by atoms with Crippen molar-refractivity contribution < 1.29 is 28.1 Å². The van der Waals surface area contributed by atoms with Crippen LogP contribution in [0, 0.1) is 0 Å². The molecule has 1 amide bonds. The maximum absolute atomic E-state index is 11.8. The molecule has 0 aromatic heterocycles. The molecule has 0 bridgehead atoms. The Balaban J connectivity index is 4.49. The van der Waals surface area contributed by atoms with E-state index in [1.807, 2.05) is 0 Å². The van der Waals surface area contributed by atoms with Crippen LogP contribution in [0.4, 0.5) is 0 Å². The molecule has 1 aliphatic rings. The normalized spacial score (nSPS) is 56.8. The summed E-state index contributed by atoms with van der Waals surface area (Å²) < 4.78 is 135. The van der Waals surface area contributed by atoms with Gasteiger partial charge in [-0.3, -0.25) is 4.79 Å². The molecule has 0 aliphatic carbocycles. The molecule has 0 aromatic carbocycles. The summed E-state index contributed by atoms with van der Waals surface area (Å²) in [6.07, 6.45) is -8.21. The van der Waals surface area contributed by atoms with Gasteiger partial charge in [0.2, 0.25) is 5.91 Å². The predicted molar refractivity (Wildman–Crippen MR) is 58.1 cm³/mol. The molecule has 1 saturated heterocycles. The fourth-order valence-electron chi connectivity index (χ4n) is 0.989. The van der Waals surface area contributed by atoms with Crippen molar-refractivity contribution >= 4 is 5.91 Å². The average Bonchev–Trinajstić information content (AvgIpc) is 2.38. The Morgan fingerprint density at radius 1 is 1.50 bits per heavy atom. The van der Waals surface area contributed by atoms with E-state index in [2.05, 4.69) is 0 Å². The Hall–Kier alpha value is -0.570. The van der Waals surface area contributed by atoms with Gasteiger partial charge >= 0.3 is 0 Å². The van der Waals surface area contributed by atoms with Gasteiger partial charge in [-0.15, -0.1) is 0 Å². The summed E-state index contributed by atoms with van der Waals surface area (Å²) >= 11 is 0. The summed E-state index contributed by atoms with van der Waals surface area (Å²) in [5, 5.41) is 2.85. The number of rotatable bonds is 1. The highest BCUT2D eigenvalue weighted by Crippen LogP contribution is 2.28. The maximum atomic E-state index is 11.8. The van der Waals surface area contributed by atoms with Gasteiger partial charge in [0.15, 0.2) is 0 Å². The van der Waals surface area contributed by atoms with E-state index in [-0.39, 0.29) is 0 Å². The quantitative estimate of drug-likeness (QED) is 0.695. The summed E-state index contributed by atoms with van der Waals surface area (Å²) in [7, 11) is 0. The van der Waals surface area contributed by atoms with Crippen LogP contribution in [-0.2, 0) is 4.79 Å². The van der Waals surface area contributed by atoms with E-state index >= 15 is 0 Å². The third-order valence-electron chi connectivity index (χ3n) is 1.30. The Kier molecular flexibility index (Phi) is 0.566. The van der Waals surface area contributed by atoms with Gasteiger partial charge in [0.25, 0.3) is 0 Å². The highest BCUT2D eigenvalue weighted by molar-refractivity contribution is 5.73. The number of hydrogen-bond acceptors (Lipinski definition) is 2. The van der Waals surface area contributed by atoms with E-state index in [1.54, 1.807) is 0 Å². The van der Waals surface area contributed by atoms with Crippen LogP contribution in [0.2, 0.25) is 0 Å². The minimum absolute atomic E-state index is 0.656. The lowest BCUT2D eigenvalue weighted by Gasteiger charge is -2.46. The molecule has 1 aliphatic heterocycles. The molecule has 14 heavy (non-hydrogen) atoms. The van der Waals surface area contributed by atoms with E-state index in [9.17, 15) is 4.79 Å². The first kappa shape index (κ1) is 2.24. The molecule has 0 unspecified atom stereocenters. The minimum atomic E-state index is -4.11. The van der Waals surface area contributed by atoms with E-state index < -0.39 is 63.2 Å². The summed E-state index contributed by atoms with van der Waals surface area (Å²) in [6.45, 7) is -15.5. The van der Waals surface area contributed by atoms with Crippen LogP contribution >= 0.6 is 0 Å². The Bertz CT molecular complexity index is 648.